The Kier molecular flexibility index (Phi) is 6.72. The minimum Gasteiger partial charge on any atom is -0.493 e. The van der Waals surface area contributed by atoms with Crippen LogP contribution in [0.2, 0.25) is 10.0 Å². The Morgan fingerprint density at radius 2 is 1.97 bits per heavy atom. The SMILES string of the molecule is CCOc1cc(-c2cc(NCCn3c(C)cc4cc(Cl)cc(Cl)c43)ncn2)ccc1C(=O)O. The molecule has 0 saturated heterocycles. The van der Waals surface area contributed by atoms with Crippen molar-refractivity contribution in [2.75, 3.05) is 18.5 Å². The van der Waals surface area contributed by atoms with Crippen molar-refractivity contribution in [2.45, 2.75) is 20.4 Å². The van der Waals surface area contributed by atoms with Gasteiger partial charge in [-0.15, -0.1) is 0 Å². The Hall–Kier alpha value is -3.29. The topological polar surface area (TPSA) is 89.3 Å². The number of nitrogens with one attached hydrogen (secondary N) is 1. The molecule has 0 radical (unpaired) electrons. The van der Waals surface area contributed by atoms with Crippen LogP contribution in [0, 0.1) is 6.92 Å². The second-order valence-corrected chi connectivity index (χ2v) is 8.27. The Morgan fingerprint density at radius 1 is 1.15 bits per heavy atom. The summed E-state index contributed by atoms with van der Waals surface area (Å²) in [7, 11) is 0. The number of carboxylic acids is 1. The molecule has 170 valence electrons. The van der Waals surface area contributed by atoms with E-state index in [0.717, 1.165) is 22.2 Å². The molecular weight excluding hydrogens is 463 g/mol. The highest BCUT2D eigenvalue weighted by atomic mass is 35.5. The minimum atomic E-state index is -1.04. The number of anilines is 1. The first-order valence-electron chi connectivity index (χ1n) is 10.4. The van der Waals surface area contributed by atoms with Crippen LogP contribution in [0.4, 0.5) is 5.82 Å². The summed E-state index contributed by atoms with van der Waals surface area (Å²) in [5.74, 6) is -0.0728. The molecule has 0 bridgehead atoms. The number of aromatic carboxylic acids is 1. The molecule has 9 heteroatoms. The standard InChI is InChI=1S/C24H22Cl2N4O3/c1-3-33-21-10-15(4-5-18(21)24(31)32)20-12-22(29-13-28-20)27-6-7-30-14(2)8-16-9-17(25)11-19(26)23(16)30/h4-5,8-13H,3,6-7H2,1-2H3,(H,31,32)(H,27,28,29). The van der Waals surface area contributed by atoms with E-state index in [9.17, 15) is 9.90 Å². The van der Waals surface area contributed by atoms with Gasteiger partial charge in [0.05, 0.1) is 22.8 Å². The molecule has 0 unspecified atom stereocenters. The maximum atomic E-state index is 11.4. The molecule has 0 atom stereocenters. The number of hydrogen-bond acceptors (Lipinski definition) is 5. The lowest BCUT2D eigenvalue weighted by molar-refractivity contribution is 0.0692. The van der Waals surface area contributed by atoms with Gasteiger partial charge in [-0.05, 0) is 44.2 Å². The summed E-state index contributed by atoms with van der Waals surface area (Å²) < 4.78 is 7.64. The number of fused-ring (bicyclic) bond motifs is 1. The quantitative estimate of drug-likeness (QED) is 0.322. The van der Waals surface area contributed by atoms with Gasteiger partial charge >= 0.3 is 5.97 Å². The van der Waals surface area contributed by atoms with E-state index in [4.69, 9.17) is 27.9 Å². The summed E-state index contributed by atoms with van der Waals surface area (Å²) in [6.45, 7) is 5.50. The summed E-state index contributed by atoms with van der Waals surface area (Å²) in [6, 6.07) is 12.4. The highest BCUT2D eigenvalue weighted by molar-refractivity contribution is 6.38. The van der Waals surface area contributed by atoms with Gasteiger partial charge < -0.3 is 19.7 Å². The normalized spacial score (nSPS) is 11.0. The van der Waals surface area contributed by atoms with Gasteiger partial charge in [0.1, 0.15) is 23.5 Å². The molecule has 0 aliphatic rings. The summed E-state index contributed by atoms with van der Waals surface area (Å²) in [6.07, 6.45) is 1.47. The molecule has 0 aliphatic heterocycles. The van der Waals surface area contributed by atoms with Crippen LogP contribution in [0.1, 0.15) is 23.0 Å². The molecule has 0 amide bonds. The molecular formula is C24H22Cl2N4O3. The third kappa shape index (κ3) is 4.89. The molecule has 0 aliphatic carbocycles. The van der Waals surface area contributed by atoms with Crippen molar-refractivity contribution in [3.05, 3.63) is 70.1 Å². The number of carboxylic acid groups (broad SMARTS) is 1. The van der Waals surface area contributed by atoms with E-state index in [1.165, 1.54) is 12.4 Å². The lowest BCUT2D eigenvalue weighted by Gasteiger charge is -2.12. The van der Waals surface area contributed by atoms with Gasteiger partial charge in [0.2, 0.25) is 0 Å². The second kappa shape index (κ2) is 9.68. The van der Waals surface area contributed by atoms with Crippen molar-refractivity contribution in [1.29, 1.82) is 0 Å². The van der Waals surface area contributed by atoms with Gasteiger partial charge in [0, 0.05) is 40.8 Å². The maximum absolute atomic E-state index is 11.4. The number of halogens is 2. The Bertz CT molecular complexity index is 1340. The highest BCUT2D eigenvalue weighted by Gasteiger charge is 2.14. The molecule has 0 spiro atoms. The summed E-state index contributed by atoms with van der Waals surface area (Å²) in [4.78, 5) is 20.1. The largest absolute Gasteiger partial charge is 0.493 e. The van der Waals surface area contributed by atoms with Crippen molar-refractivity contribution < 1.29 is 14.6 Å². The van der Waals surface area contributed by atoms with Crippen LogP contribution >= 0.6 is 23.2 Å². The first-order valence-corrected chi connectivity index (χ1v) is 11.1. The van der Waals surface area contributed by atoms with Crippen molar-refractivity contribution in [2.24, 2.45) is 0 Å². The number of carbonyl (C=O) groups is 1. The molecule has 33 heavy (non-hydrogen) atoms. The highest BCUT2D eigenvalue weighted by Crippen LogP contribution is 2.31. The molecule has 2 N–H and O–H groups in total. The van der Waals surface area contributed by atoms with E-state index in [1.807, 2.05) is 26.0 Å². The third-order valence-electron chi connectivity index (χ3n) is 5.23. The van der Waals surface area contributed by atoms with Crippen LogP contribution in [-0.2, 0) is 6.54 Å². The van der Waals surface area contributed by atoms with Gasteiger partial charge in [-0.3, -0.25) is 0 Å². The van der Waals surface area contributed by atoms with Crippen LogP contribution in [0.3, 0.4) is 0 Å². The lowest BCUT2D eigenvalue weighted by atomic mass is 10.1. The van der Waals surface area contributed by atoms with Crippen molar-refractivity contribution in [1.82, 2.24) is 14.5 Å². The average molecular weight is 485 g/mol. The van der Waals surface area contributed by atoms with E-state index in [-0.39, 0.29) is 5.56 Å². The zero-order valence-corrected chi connectivity index (χ0v) is 19.6. The minimum absolute atomic E-state index is 0.113. The first kappa shape index (κ1) is 22.9. The van der Waals surface area contributed by atoms with Gasteiger partial charge in [0.25, 0.3) is 0 Å². The van der Waals surface area contributed by atoms with Gasteiger partial charge in [-0.1, -0.05) is 29.3 Å². The van der Waals surface area contributed by atoms with Crippen molar-refractivity contribution >= 4 is 45.9 Å². The van der Waals surface area contributed by atoms with E-state index in [0.29, 0.717) is 47.0 Å². The number of ether oxygens (including phenoxy) is 1. The number of nitrogens with zero attached hydrogens (tertiary/aromatic N) is 3. The average Bonchev–Trinajstić information content (AvgIpc) is 3.09. The first-order chi connectivity index (χ1) is 15.9. The van der Waals surface area contributed by atoms with E-state index in [2.05, 4.69) is 25.9 Å². The fourth-order valence-corrected chi connectivity index (χ4v) is 4.40. The predicted molar refractivity (Wildman–Crippen MR) is 131 cm³/mol. The summed E-state index contributed by atoms with van der Waals surface area (Å²) >= 11 is 12.6. The zero-order valence-electron chi connectivity index (χ0n) is 18.1. The molecule has 2 heterocycles. The molecule has 4 rings (SSSR count). The van der Waals surface area contributed by atoms with Gasteiger partial charge in [-0.25, -0.2) is 14.8 Å². The zero-order chi connectivity index (χ0) is 23.5. The second-order valence-electron chi connectivity index (χ2n) is 7.43. The fourth-order valence-electron chi connectivity index (χ4n) is 3.79. The van der Waals surface area contributed by atoms with E-state index in [1.54, 1.807) is 18.2 Å². The maximum Gasteiger partial charge on any atom is 0.339 e. The van der Waals surface area contributed by atoms with Crippen LogP contribution in [0.15, 0.2) is 48.8 Å². The van der Waals surface area contributed by atoms with E-state index >= 15 is 0 Å². The van der Waals surface area contributed by atoms with Gasteiger partial charge in [0.15, 0.2) is 0 Å². The molecule has 7 nitrogen and oxygen atoms in total. The monoisotopic (exact) mass is 484 g/mol. The molecule has 0 fully saturated rings. The smallest absolute Gasteiger partial charge is 0.339 e. The molecule has 2 aromatic carbocycles. The number of rotatable bonds is 8. The predicted octanol–water partition coefficient (Wildman–Crippen LogP) is 5.92. The number of aromatic nitrogens is 3. The van der Waals surface area contributed by atoms with Crippen LogP contribution in [-0.4, -0.2) is 38.8 Å². The fraction of sp³-hybridized carbons (Fsp3) is 0.208. The summed E-state index contributed by atoms with van der Waals surface area (Å²) in [5, 5.41) is 14.9. The Labute approximate surface area is 201 Å². The van der Waals surface area contributed by atoms with Crippen molar-refractivity contribution in [3.8, 4) is 17.0 Å². The van der Waals surface area contributed by atoms with Crippen LogP contribution < -0.4 is 10.1 Å². The molecule has 2 aromatic heterocycles. The Morgan fingerprint density at radius 3 is 2.73 bits per heavy atom. The van der Waals surface area contributed by atoms with Crippen LogP contribution in [0.25, 0.3) is 22.2 Å². The number of hydrogen-bond donors (Lipinski definition) is 2. The molecule has 4 aromatic rings. The number of benzene rings is 2. The van der Waals surface area contributed by atoms with Crippen LogP contribution in [0.5, 0.6) is 5.75 Å². The molecule has 0 saturated carbocycles. The third-order valence-corrected chi connectivity index (χ3v) is 5.74. The van der Waals surface area contributed by atoms with Gasteiger partial charge in [-0.2, -0.15) is 0 Å². The Balaban J connectivity index is 1.52. The summed E-state index contributed by atoms with van der Waals surface area (Å²) in [5.41, 5.74) is 3.55. The lowest BCUT2D eigenvalue weighted by Crippen LogP contribution is -2.12. The number of aryl methyl sites for hydroxylation is 1. The van der Waals surface area contributed by atoms with E-state index < -0.39 is 5.97 Å². The van der Waals surface area contributed by atoms with Crippen molar-refractivity contribution in [3.63, 3.8) is 0 Å².